The summed E-state index contributed by atoms with van der Waals surface area (Å²) < 4.78 is 18.2. The standard InChI is InChI=1S/C18H15Cl2FN2O3/c1-11(26-15-7-5-14(21)6-8-15)18(25)23-22-17(24)9-3-12-2-4-13(19)10-16(12)20/h2-11H,1H3,(H,22,24)(H,23,25)/b9-3+/t11-/m1/s1. The van der Waals surface area contributed by atoms with E-state index in [1.165, 1.54) is 43.3 Å². The van der Waals surface area contributed by atoms with Crippen LogP contribution in [-0.2, 0) is 9.59 Å². The highest BCUT2D eigenvalue weighted by atomic mass is 35.5. The van der Waals surface area contributed by atoms with Crippen LogP contribution in [0.3, 0.4) is 0 Å². The Balaban J connectivity index is 1.83. The van der Waals surface area contributed by atoms with E-state index < -0.39 is 23.7 Å². The lowest BCUT2D eigenvalue weighted by Crippen LogP contribution is -2.46. The lowest BCUT2D eigenvalue weighted by molar-refractivity contribution is -0.131. The van der Waals surface area contributed by atoms with Crippen LogP contribution in [0.15, 0.2) is 48.5 Å². The van der Waals surface area contributed by atoms with E-state index in [1.807, 2.05) is 0 Å². The fourth-order valence-electron chi connectivity index (χ4n) is 1.84. The van der Waals surface area contributed by atoms with Crippen molar-refractivity contribution in [3.05, 3.63) is 70.0 Å². The summed E-state index contributed by atoms with van der Waals surface area (Å²) in [5, 5.41) is 0.880. The smallest absolute Gasteiger partial charge is 0.279 e. The van der Waals surface area contributed by atoms with Crippen LogP contribution in [-0.4, -0.2) is 17.9 Å². The van der Waals surface area contributed by atoms with E-state index in [4.69, 9.17) is 27.9 Å². The second-order valence-corrected chi connectivity index (χ2v) is 6.04. The predicted molar refractivity (Wildman–Crippen MR) is 98.3 cm³/mol. The fourth-order valence-corrected chi connectivity index (χ4v) is 2.31. The van der Waals surface area contributed by atoms with Crippen molar-refractivity contribution in [2.45, 2.75) is 13.0 Å². The SMILES string of the molecule is C[C@@H](Oc1ccc(F)cc1)C(=O)NNC(=O)/C=C/c1ccc(Cl)cc1Cl. The van der Waals surface area contributed by atoms with Gasteiger partial charge in [-0.1, -0.05) is 29.3 Å². The molecular weight excluding hydrogens is 382 g/mol. The van der Waals surface area contributed by atoms with Crippen molar-refractivity contribution < 1.29 is 18.7 Å². The van der Waals surface area contributed by atoms with Crippen LogP contribution in [0, 0.1) is 5.82 Å². The quantitative estimate of drug-likeness (QED) is 0.597. The van der Waals surface area contributed by atoms with Crippen LogP contribution in [0.4, 0.5) is 4.39 Å². The molecule has 0 bridgehead atoms. The number of ether oxygens (including phenoxy) is 1. The van der Waals surface area contributed by atoms with E-state index in [0.717, 1.165) is 0 Å². The molecule has 0 saturated heterocycles. The minimum atomic E-state index is -0.893. The highest BCUT2D eigenvalue weighted by Crippen LogP contribution is 2.21. The summed E-state index contributed by atoms with van der Waals surface area (Å²) in [6.45, 7) is 1.49. The molecule has 0 aliphatic carbocycles. The summed E-state index contributed by atoms with van der Waals surface area (Å²) in [4.78, 5) is 23.7. The number of halogens is 3. The molecule has 136 valence electrons. The average molecular weight is 397 g/mol. The van der Waals surface area contributed by atoms with Gasteiger partial charge in [0.05, 0.1) is 0 Å². The molecule has 0 aromatic heterocycles. The summed E-state index contributed by atoms with van der Waals surface area (Å²) in [7, 11) is 0. The first-order chi connectivity index (χ1) is 12.3. The molecule has 0 unspecified atom stereocenters. The Morgan fingerprint density at radius 3 is 2.46 bits per heavy atom. The number of rotatable bonds is 5. The largest absolute Gasteiger partial charge is 0.481 e. The zero-order chi connectivity index (χ0) is 19.1. The van der Waals surface area contributed by atoms with Gasteiger partial charge in [0.1, 0.15) is 11.6 Å². The zero-order valence-corrected chi connectivity index (χ0v) is 15.1. The molecule has 0 radical (unpaired) electrons. The van der Waals surface area contributed by atoms with Gasteiger partial charge in [-0.2, -0.15) is 0 Å². The number of carbonyl (C=O) groups is 2. The lowest BCUT2D eigenvalue weighted by Gasteiger charge is -2.14. The Kier molecular flexibility index (Phi) is 7.00. The van der Waals surface area contributed by atoms with E-state index in [-0.39, 0.29) is 0 Å². The molecule has 0 spiro atoms. The third-order valence-corrected chi connectivity index (χ3v) is 3.74. The van der Waals surface area contributed by atoms with Gasteiger partial charge in [-0.25, -0.2) is 4.39 Å². The molecule has 2 rings (SSSR count). The maximum atomic E-state index is 12.8. The van der Waals surface area contributed by atoms with Crippen molar-refractivity contribution in [2.24, 2.45) is 0 Å². The molecular formula is C18H15Cl2FN2O3. The first kappa shape index (κ1) is 19.8. The van der Waals surface area contributed by atoms with Gasteiger partial charge in [-0.15, -0.1) is 0 Å². The molecule has 0 aliphatic heterocycles. The minimum Gasteiger partial charge on any atom is -0.481 e. The Hall–Kier alpha value is -2.57. The van der Waals surface area contributed by atoms with Gasteiger partial charge in [-0.05, 0) is 55.0 Å². The summed E-state index contributed by atoms with van der Waals surface area (Å²) >= 11 is 11.8. The maximum absolute atomic E-state index is 12.8. The second kappa shape index (κ2) is 9.22. The van der Waals surface area contributed by atoms with Gasteiger partial charge in [0.15, 0.2) is 6.10 Å². The number of amides is 2. The van der Waals surface area contributed by atoms with Crippen LogP contribution in [0.1, 0.15) is 12.5 Å². The number of hydrazine groups is 1. The lowest BCUT2D eigenvalue weighted by atomic mass is 10.2. The van der Waals surface area contributed by atoms with Gasteiger partial charge in [0.25, 0.3) is 11.8 Å². The minimum absolute atomic E-state index is 0.331. The summed E-state index contributed by atoms with van der Waals surface area (Å²) in [6.07, 6.45) is 1.80. The van der Waals surface area contributed by atoms with Crippen LogP contribution in [0.5, 0.6) is 5.75 Å². The molecule has 5 nitrogen and oxygen atoms in total. The fraction of sp³-hybridized carbons (Fsp3) is 0.111. The van der Waals surface area contributed by atoms with Crippen LogP contribution >= 0.6 is 23.2 Å². The molecule has 0 aliphatic rings. The van der Waals surface area contributed by atoms with Crippen LogP contribution in [0.2, 0.25) is 10.0 Å². The van der Waals surface area contributed by atoms with Crippen molar-refractivity contribution >= 4 is 41.1 Å². The number of carbonyl (C=O) groups excluding carboxylic acids is 2. The molecule has 0 heterocycles. The molecule has 2 amide bonds. The number of nitrogens with one attached hydrogen (secondary N) is 2. The van der Waals surface area contributed by atoms with E-state index in [2.05, 4.69) is 10.9 Å². The maximum Gasteiger partial charge on any atom is 0.279 e. The molecule has 2 N–H and O–H groups in total. The molecule has 2 aromatic carbocycles. The van der Waals surface area contributed by atoms with Crippen molar-refractivity contribution in [3.8, 4) is 5.75 Å². The van der Waals surface area contributed by atoms with E-state index in [1.54, 1.807) is 18.2 Å². The van der Waals surface area contributed by atoms with Gasteiger partial charge < -0.3 is 4.74 Å². The first-order valence-corrected chi connectivity index (χ1v) is 8.26. The Morgan fingerprint density at radius 1 is 1.12 bits per heavy atom. The van der Waals surface area contributed by atoms with Gasteiger partial charge in [-0.3, -0.25) is 20.4 Å². The molecule has 2 aromatic rings. The first-order valence-electron chi connectivity index (χ1n) is 7.50. The van der Waals surface area contributed by atoms with Crippen molar-refractivity contribution in [3.63, 3.8) is 0 Å². The van der Waals surface area contributed by atoms with Gasteiger partial charge in [0.2, 0.25) is 0 Å². The third-order valence-electron chi connectivity index (χ3n) is 3.18. The molecule has 0 saturated carbocycles. The Labute approximate surface area is 159 Å². The zero-order valence-electron chi connectivity index (χ0n) is 13.6. The predicted octanol–water partition coefficient (Wildman–Crippen LogP) is 3.76. The number of hydrogen-bond acceptors (Lipinski definition) is 3. The third kappa shape index (κ3) is 6.06. The Morgan fingerprint density at radius 2 is 1.81 bits per heavy atom. The molecule has 0 fully saturated rings. The van der Waals surface area contributed by atoms with Crippen LogP contribution < -0.4 is 15.6 Å². The summed E-state index contributed by atoms with van der Waals surface area (Å²) in [6, 6.07) is 10.1. The molecule has 8 heteroatoms. The van der Waals surface area contributed by atoms with Crippen molar-refractivity contribution in [2.75, 3.05) is 0 Å². The molecule has 1 atom stereocenters. The van der Waals surface area contributed by atoms with Crippen LogP contribution in [0.25, 0.3) is 6.08 Å². The van der Waals surface area contributed by atoms with Gasteiger partial charge in [0, 0.05) is 16.1 Å². The highest BCUT2D eigenvalue weighted by Gasteiger charge is 2.15. The van der Waals surface area contributed by atoms with E-state index in [9.17, 15) is 14.0 Å². The average Bonchev–Trinajstić information content (AvgIpc) is 2.60. The number of benzene rings is 2. The van der Waals surface area contributed by atoms with E-state index in [0.29, 0.717) is 21.4 Å². The van der Waals surface area contributed by atoms with E-state index >= 15 is 0 Å². The number of hydrogen-bond donors (Lipinski definition) is 2. The highest BCUT2D eigenvalue weighted by molar-refractivity contribution is 6.35. The topological polar surface area (TPSA) is 67.4 Å². The summed E-state index contributed by atoms with van der Waals surface area (Å²) in [5.41, 5.74) is 5.06. The van der Waals surface area contributed by atoms with Crippen molar-refractivity contribution in [1.82, 2.24) is 10.9 Å². The molecule has 26 heavy (non-hydrogen) atoms. The van der Waals surface area contributed by atoms with Gasteiger partial charge >= 0.3 is 0 Å². The van der Waals surface area contributed by atoms with Crippen molar-refractivity contribution in [1.29, 1.82) is 0 Å². The second-order valence-electron chi connectivity index (χ2n) is 5.19. The summed E-state index contributed by atoms with van der Waals surface area (Å²) in [5.74, 6) is -1.20. The Bertz CT molecular complexity index is 826. The monoisotopic (exact) mass is 396 g/mol. The normalized spacial score (nSPS) is 11.8.